The summed E-state index contributed by atoms with van der Waals surface area (Å²) in [6.07, 6.45) is 1.50. The molecule has 0 fully saturated rings. The molecule has 0 heterocycles. The highest BCUT2D eigenvalue weighted by Gasteiger charge is 2.12. The van der Waals surface area contributed by atoms with Crippen molar-refractivity contribution in [1.82, 2.24) is 10.7 Å². The van der Waals surface area contributed by atoms with E-state index in [4.69, 9.17) is 0 Å². The molecule has 0 aromatic heterocycles. The molecule has 3 N–H and O–H groups in total. The summed E-state index contributed by atoms with van der Waals surface area (Å²) in [6.45, 7) is 6.36. The zero-order chi connectivity index (χ0) is 19.8. The molecule has 0 bridgehead atoms. The van der Waals surface area contributed by atoms with Crippen LogP contribution >= 0.6 is 15.9 Å². The fourth-order valence-corrected chi connectivity index (χ4v) is 2.60. The monoisotopic (exact) mass is 430 g/mol. The number of amides is 2. The Balaban J connectivity index is 2.06. The van der Waals surface area contributed by atoms with E-state index in [-0.39, 0.29) is 5.92 Å². The molecule has 7 heteroatoms. The predicted molar refractivity (Wildman–Crippen MR) is 112 cm³/mol. The van der Waals surface area contributed by atoms with Crippen molar-refractivity contribution in [3.63, 3.8) is 0 Å². The summed E-state index contributed by atoms with van der Waals surface area (Å²) in [5.74, 6) is -1.23. The topological polar surface area (TPSA) is 82.6 Å². The second kappa shape index (κ2) is 9.87. The number of hydrogen-bond donors (Lipinski definition) is 3. The molecule has 0 radical (unpaired) electrons. The predicted octanol–water partition coefficient (Wildman–Crippen LogP) is 3.72. The van der Waals surface area contributed by atoms with E-state index >= 15 is 0 Å². The van der Waals surface area contributed by atoms with Crippen molar-refractivity contribution in [2.75, 3.05) is 11.9 Å². The molecule has 2 rings (SSSR count). The third-order valence-electron chi connectivity index (χ3n) is 3.56. The molecule has 0 saturated heterocycles. The molecule has 0 unspecified atom stereocenters. The number of nitrogens with zero attached hydrogens (tertiary/aromatic N) is 1. The third-order valence-corrected chi connectivity index (χ3v) is 4.05. The van der Waals surface area contributed by atoms with Crippen LogP contribution in [0.15, 0.2) is 52.0 Å². The van der Waals surface area contributed by atoms with Crippen molar-refractivity contribution in [1.29, 1.82) is 0 Å². The minimum Gasteiger partial charge on any atom is -0.355 e. The van der Waals surface area contributed by atoms with E-state index < -0.39 is 11.8 Å². The maximum atomic E-state index is 11.8. The van der Waals surface area contributed by atoms with Crippen LogP contribution in [0.3, 0.4) is 0 Å². The van der Waals surface area contributed by atoms with Crippen molar-refractivity contribution < 1.29 is 9.59 Å². The van der Waals surface area contributed by atoms with Crippen LogP contribution in [-0.4, -0.2) is 24.6 Å². The minimum absolute atomic E-state index is 0.266. The number of aryl methyl sites for hydroxylation is 1. The number of rotatable bonds is 6. The first kappa shape index (κ1) is 20.6. The molecule has 27 heavy (non-hydrogen) atoms. The first-order valence-electron chi connectivity index (χ1n) is 8.59. The molecule has 0 atom stereocenters. The summed E-state index contributed by atoms with van der Waals surface area (Å²) in [5, 5.41) is 9.78. The van der Waals surface area contributed by atoms with E-state index in [0.29, 0.717) is 6.54 Å². The zero-order valence-electron chi connectivity index (χ0n) is 15.5. The summed E-state index contributed by atoms with van der Waals surface area (Å²) in [6, 6.07) is 13.7. The minimum atomic E-state index is -0.796. The Labute approximate surface area is 167 Å². The van der Waals surface area contributed by atoms with Crippen molar-refractivity contribution in [3.8, 4) is 0 Å². The highest BCUT2D eigenvalue weighted by molar-refractivity contribution is 9.10. The Morgan fingerprint density at radius 2 is 1.93 bits per heavy atom. The molecule has 6 nitrogen and oxygen atoms in total. The summed E-state index contributed by atoms with van der Waals surface area (Å²) in [4.78, 5) is 23.4. The van der Waals surface area contributed by atoms with Crippen LogP contribution < -0.4 is 16.1 Å². The smallest absolute Gasteiger partial charge is 0.329 e. The average molecular weight is 431 g/mol. The molecule has 0 saturated carbocycles. The van der Waals surface area contributed by atoms with Crippen LogP contribution in [0.4, 0.5) is 11.4 Å². The lowest BCUT2D eigenvalue weighted by Gasteiger charge is -2.11. The van der Waals surface area contributed by atoms with Gasteiger partial charge in [-0.25, -0.2) is 5.43 Å². The zero-order valence-corrected chi connectivity index (χ0v) is 17.1. The van der Waals surface area contributed by atoms with Crippen LogP contribution in [0.1, 0.15) is 25.0 Å². The van der Waals surface area contributed by atoms with Gasteiger partial charge in [-0.1, -0.05) is 41.9 Å². The molecular weight excluding hydrogens is 408 g/mol. The standard InChI is InChI=1S/C20H23BrN4O2/c1-13(2)11-22-19(26)20(27)25-23-12-15-10-16(21)7-8-18(15)24-17-6-4-5-14(3)9-17/h4-10,12-13,24H,11H2,1-3H3,(H,22,26)(H,25,27)/b23-12-. The Morgan fingerprint density at radius 1 is 1.15 bits per heavy atom. The third kappa shape index (κ3) is 6.86. The lowest BCUT2D eigenvalue weighted by atomic mass is 10.1. The van der Waals surface area contributed by atoms with Crippen molar-refractivity contribution in [3.05, 3.63) is 58.1 Å². The van der Waals surface area contributed by atoms with Gasteiger partial charge in [-0.2, -0.15) is 5.10 Å². The molecule has 0 aliphatic carbocycles. The largest absolute Gasteiger partial charge is 0.355 e. The Bertz CT molecular complexity index is 850. The second-order valence-electron chi connectivity index (χ2n) is 6.53. The Hall–Kier alpha value is -2.67. The SMILES string of the molecule is Cc1cccc(Nc2ccc(Br)cc2/C=N\NC(=O)C(=O)NCC(C)C)c1. The maximum absolute atomic E-state index is 11.8. The van der Waals surface area contributed by atoms with E-state index in [1.165, 1.54) is 6.21 Å². The number of carbonyl (C=O) groups is 2. The molecule has 142 valence electrons. The lowest BCUT2D eigenvalue weighted by molar-refractivity contribution is -0.139. The molecule has 2 amide bonds. The maximum Gasteiger partial charge on any atom is 0.329 e. The molecule has 0 aliphatic rings. The van der Waals surface area contributed by atoms with E-state index in [0.717, 1.165) is 27.0 Å². The number of halogens is 1. The number of nitrogens with one attached hydrogen (secondary N) is 3. The van der Waals surface area contributed by atoms with E-state index in [2.05, 4.69) is 37.1 Å². The molecule has 0 spiro atoms. The van der Waals surface area contributed by atoms with Crippen molar-refractivity contribution >= 4 is 45.3 Å². The van der Waals surface area contributed by atoms with Crippen molar-refractivity contribution in [2.24, 2.45) is 11.0 Å². The first-order valence-corrected chi connectivity index (χ1v) is 9.39. The normalized spacial score (nSPS) is 10.9. The fraction of sp³-hybridized carbons (Fsp3) is 0.250. The van der Waals surface area contributed by atoms with Crippen LogP contribution in [-0.2, 0) is 9.59 Å². The van der Waals surface area contributed by atoms with Crippen LogP contribution in [0.25, 0.3) is 0 Å². The van der Waals surface area contributed by atoms with Crippen molar-refractivity contribution in [2.45, 2.75) is 20.8 Å². The number of anilines is 2. The summed E-state index contributed by atoms with van der Waals surface area (Å²) < 4.78 is 0.875. The van der Waals surface area contributed by atoms with Gasteiger partial charge in [0.25, 0.3) is 0 Å². The molecule has 0 aliphatic heterocycles. The van der Waals surface area contributed by atoms with Crippen LogP contribution in [0, 0.1) is 12.8 Å². The van der Waals surface area contributed by atoms with Gasteiger partial charge in [0.1, 0.15) is 0 Å². The van der Waals surface area contributed by atoms with Gasteiger partial charge >= 0.3 is 11.8 Å². The summed E-state index contributed by atoms with van der Waals surface area (Å²) >= 11 is 3.43. The highest BCUT2D eigenvalue weighted by atomic mass is 79.9. The number of hydrazone groups is 1. The van der Waals surface area contributed by atoms with Gasteiger partial charge in [0.2, 0.25) is 0 Å². The summed E-state index contributed by atoms with van der Waals surface area (Å²) in [7, 11) is 0. The van der Waals surface area contributed by atoms with Gasteiger partial charge in [0.05, 0.1) is 6.21 Å². The van der Waals surface area contributed by atoms with Crippen LogP contribution in [0.2, 0.25) is 0 Å². The molecule has 2 aromatic rings. The highest BCUT2D eigenvalue weighted by Crippen LogP contribution is 2.24. The number of hydrogen-bond acceptors (Lipinski definition) is 4. The first-order chi connectivity index (χ1) is 12.8. The average Bonchev–Trinajstić information content (AvgIpc) is 2.61. The second-order valence-corrected chi connectivity index (χ2v) is 7.44. The van der Waals surface area contributed by atoms with Crippen LogP contribution in [0.5, 0.6) is 0 Å². The molecule has 2 aromatic carbocycles. The molecular formula is C20H23BrN4O2. The Kier molecular flexibility index (Phi) is 7.55. The van der Waals surface area contributed by atoms with E-state index in [1.807, 2.05) is 63.2 Å². The lowest BCUT2D eigenvalue weighted by Crippen LogP contribution is -2.39. The number of benzene rings is 2. The van der Waals surface area contributed by atoms with E-state index in [1.54, 1.807) is 0 Å². The van der Waals surface area contributed by atoms with E-state index in [9.17, 15) is 9.59 Å². The van der Waals surface area contributed by atoms with Gasteiger partial charge in [-0.15, -0.1) is 0 Å². The summed E-state index contributed by atoms with van der Waals surface area (Å²) in [5.41, 5.74) is 5.93. The van der Waals surface area contributed by atoms with Gasteiger partial charge < -0.3 is 10.6 Å². The van der Waals surface area contributed by atoms with Gasteiger partial charge in [0.15, 0.2) is 0 Å². The van der Waals surface area contributed by atoms with Gasteiger partial charge in [0, 0.05) is 28.0 Å². The van der Waals surface area contributed by atoms with Gasteiger partial charge in [-0.05, 0) is 48.7 Å². The number of carbonyl (C=O) groups excluding carboxylic acids is 2. The quantitative estimate of drug-likeness (QED) is 0.370. The Morgan fingerprint density at radius 3 is 2.63 bits per heavy atom. The fourth-order valence-electron chi connectivity index (χ4n) is 2.22. The van der Waals surface area contributed by atoms with Gasteiger partial charge in [-0.3, -0.25) is 9.59 Å².